The highest BCUT2D eigenvalue weighted by atomic mass is 79.9. The van der Waals surface area contributed by atoms with Crippen LogP contribution in [0.1, 0.15) is 39.2 Å². The maximum atomic E-state index is 5.76. The fourth-order valence-corrected chi connectivity index (χ4v) is 2.98. The Morgan fingerprint density at radius 2 is 2.22 bits per heavy atom. The summed E-state index contributed by atoms with van der Waals surface area (Å²) in [5.74, 6) is 0. The van der Waals surface area contributed by atoms with Crippen LogP contribution in [0, 0.1) is 0 Å². The van der Waals surface area contributed by atoms with Gasteiger partial charge in [0.25, 0.3) is 0 Å². The van der Waals surface area contributed by atoms with Gasteiger partial charge in [0, 0.05) is 22.8 Å². The molecule has 1 atom stereocenters. The molecular formula is C15H22BrNO. The van der Waals surface area contributed by atoms with Crippen molar-refractivity contribution in [3.8, 4) is 0 Å². The summed E-state index contributed by atoms with van der Waals surface area (Å²) in [6.45, 7) is 7.38. The number of hydrogen-bond donors (Lipinski definition) is 1. The summed E-state index contributed by atoms with van der Waals surface area (Å²) in [6, 6.07) is 6.99. The summed E-state index contributed by atoms with van der Waals surface area (Å²) in [7, 11) is 0. The van der Waals surface area contributed by atoms with Crippen LogP contribution in [-0.2, 0) is 11.2 Å². The van der Waals surface area contributed by atoms with Crippen molar-refractivity contribution in [2.24, 2.45) is 0 Å². The van der Waals surface area contributed by atoms with Crippen molar-refractivity contribution >= 4 is 21.6 Å². The molecule has 0 amide bonds. The lowest BCUT2D eigenvalue weighted by atomic mass is 9.93. The van der Waals surface area contributed by atoms with Gasteiger partial charge in [-0.05, 0) is 56.9 Å². The van der Waals surface area contributed by atoms with Crippen LogP contribution in [0.4, 0.5) is 5.69 Å². The zero-order valence-electron chi connectivity index (χ0n) is 11.4. The zero-order valence-corrected chi connectivity index (χ0v) is 13.0. The van der Waals surface area contributed by atoms with E-state index >= 15 is 0 Å². The maximum Gasteiger partial charge on any atom is 0.0646 e. The van der Waals surface area contributed by atoms with Gasteiger partial charge in [-0.15, -0.1) is 0 Å². The first-order valence-electron chi connectivity index (χ1n) is 6.69. The summed E-state index contributed by atoms with van der Waals surface area (Å²) in [4.78, 5) is 0. The van der Waals surface area contributed by atoms with Crippen molar-refractivity contribution in [1.29, 1.82) is 0 Å². The van der Waals surface area contributed by atoms with E-state index in [9.17, 15) is 0 Å². The van der Waals surface area contributed by atoms with Gasteiger partial charge >= 0.3 is 0 Å². The quantitative estimate of drug-likeness (QED) is 0.894. The number of ether oxygens (including phenoxy) is 1. The van der Waals surface area contributed by atoms with E-state index in [1.165, 1.54) is 11.3 Å². The van der Waals surface area contributed by atoms with Gasteiger partial charge in [0.1, 0.15) is 0 Å². The van der Waals surface area contributed by atoms with Crippen LogP contribution in [0.25, 0.3) is 0 Å². The average Bonchev–Trinajstić information content (AvgIpc) is 2.30. The van der Waals surface area contributed by atoms with Crippen molar-refractivity contribution in [3.63, 3.8) is 0 Å². The minimum atomic E-state index is -0.00232. The van der Waals surface area contributed by atoms with Gasteiger partial charge in [-0.1, -0.05) is 22.9 Å². The van der Waals surface area contributed by atoms with Crippen molar-refractivity contribution in [1.82, 2.24) is 0 Å². The first kappa shape index (κ1) is 13.9. The van der Waals surface area contributed by atoms with Gasteiger partial charge in [-0.25, -0.2) is 0 Å². The molecule has 1 aromatic rings. The molecule has 100 valence electrons. The lowest BCUT2D eigenvalue weighted by Gasteiger charge is -2.36. The van der Waals surface area contributed by atoms with Crippen molar-refractivity contribution in [2.75, 3.05) is 11.9 Å². The molecule has 0 saturated carbocycles. The fraction of sp³-hybridized carbons (Fsp3) is 0.600. The first-order valence-corrected chi connectivity index (χ1v) is 7.48. The topological polar surface area (TPSA) is 21.3 Å². The van der Waals surface area contributed by atoms with Crippen LogP contribution in [0.15, 0.2) is 22.7 Å². The number of benzene rings is 1. The van der Waals surface area contributed by atoms with E-state index in [0.29, 0.717) is 6.04 Å². The summed E-state index contributed by atoms with van der Waals surface area (Å²) in [6.07, 6.45) is 3.20. The standard InChI is InChI=1S/C15H22BrNO/c1-4-11-9-12(16)5-6-14(11)17-13-7-8-18-15(2,3)10-13/h5-6,9,13,17H,4,7-8,10H2,1-3H3. The Morgan fingerprint density at radius 3 is 2.89 bits per heavy atom. The van der Waals surface area contributed by atoms with E-state index in [1.807, 2.05) is 0 Å². The molecule has 1 fully saturated rings. The third-order valence-electron chi connectivity index (χ3n) is 3.50. The molecule has 1 saturated heterocycles. The zero-order chi connectivity index (χ0) is 13.2. The largest absolute Gasteiger partial charge is 0.382 e. The average molecular weight is 312 g/mol. The second-order valence-electron chi connectivity index (χ2n) is 5.60. The molecule has 1 aliphatic heterocycles. The molecule has 0 radical (unpaired) electrons. The van der Waals surface area contributed by atoms with E-state index in [4.69, 9.17) is 4.74 Å². The number of nitrogens with one attached hydrogen (secondary N) is 1. The van der Waals surface area contributed by atoms with Crippen molar-refractivity contribution in [2.45, 2.75) is 51.7 Å². The lowest BCUT2D eigenvalue weighted by Crippen LogP contribution is -2.40. The Kier molecular flexibility index (Phi) is 4.33. The number of hydrogen-bond acceptors (Lipinski definition) is 2. The molecule has 2 nitrogen and oxygen atoms in total. The second kappa shape index (κ2) is 5.62. The molecule has 0 bridgehead atoms. The Bertz CT molecular complexity index is 417. The lowest BCUT2D eigenvalue weighted by molar-refractivity contribution is -0.0553. The second-order valence-corrected chi connectivity index (χ2v) is 6.51. The van der Waals surface area contributed by atoms with Crippen LogP contribution < -0.4 is 5.32 Å². The molecule has 2 rings (SSSR count). The molecule has 1 unspecified atom stereocenters. The summed E-state index contributed by atoms with van der Waals surface area (Å²) >= 11 is 3.53. The van der Waals surface area contributed by atoms with Crippen LogP contribution in [0.2, 0.25) is 0 Å². The minimum Gasteiger partial charge on any atom is -0.382 e. The third kappa shape index (κ3) is 3.48. The van der Waals surface area contributed by atoms with E-state index < -0.39 is 0 Å². The van der Waals surface area contributed by atoms with E-state index in [2.05, 4.69) is 60.2 Å². The molecule has 1 aromatic carbocycles. The van der Waals surface area contributed by atoms with Gasteiger partial charge in [0.2, 0.25) is 0 Å². The SMILES string of the molecule is CCc1cc(Br)ccc1NC1CCOC(C)(C)C1. The Hall–Kier alpha value is -0.540. The smallest absolute Gasteiger partial charge is 0.0646 e. The van der Waals surface area contributed by atoms with Gasteiger partial charge in [0.15, 0.2) is 0 Å². The van der Waals surface area contributed by atoms with Crippen molar-refractivity contribution < 1.29 is 4.74 Å². The molecule has 0 spiro atoms. The number of anilines is 1. The molecule has 3 heteroatoms. The monoisotopic (exact) mass is 311 g/mol. The highest BCUT2D eigenvalue weighted by Gasteiger charge is 2.28. The molecule has 0 aromatic heterocycles. The Morgan fingerprint density at radius 1 is 1.44 bits per heavy atom. The normalized spacial score (nSPS) is 22.8. The van der Waals surface area contributed by atoms with Gasteiger partial charge < -0.3 is 10.1 Å². The van der Waals surface area contributed by atoms with Crippen LogP contribution in [0.3, 0.4) is 0 Å². The summed E-state index contributed by atoms with van der Waals surface area (Å²) in [5, 5.41) is 3.68. The van der Waals surface area contributed by atoms with Gasteiger partial charge in [-0.2, -0.15) is 0 Å². The Labute approximate surface area is 118 Å². The minimum absolute atomic E-state index is 0.00232. The van der Waals surface area contributed by atoms with E-state index in [1.54, 1.807) is 0 Å². The van der Waals surface area contributed by atoms with Crippen LogP contribution in [-0.4, -0.2) is 18.2 Å². The van der Waals surface area contributed by atoms with E-state index in [-0.39, 0.29) is 5.60 Å². The summed E-state index contributed by atoms with van der Waals surface area (Å²) in [5.41, 5.74) is 2.63. The predicted molar refractivity (Wildman–Crippen MR) is 80.2 cm³/mol. The van der Waals surface area contributed by atoms with Crippen molar-refractivity contribution in [3.05, 3.63) is 28.2 Å². The number of rotatable bonds is 3. The summed E-state index contributed by atoms with van der Waals surface area (Å²) < 4.78 is 6.91. The Balaban J connectivity index is 2.09. The highest BCUT2D eigenvalue weighted by Crippen LogP contribution is 2.28. The third-order valence-corrected chi connectivity index (χ3v) is 4.00. The molecule has 1 aliphatic rings. The van der Waals surface area contributed by atoms with Gasteiger partial charge in [0.05, 0.1) is 5.60 Å². The molecular weight excluding hydrogens is 290 g/mol. The first-order chi connectivity index (χ1) is 8.50. The molecule has 1 heterocycles. The maximum absolute atomic E-state index is 5.76. The molecule has 1 N–H and O–H groups in total. The van der Waals surface area contributed by atoms with Crippen LogP contribution in [0.5, 0.6) is 0 Å². The molecule has 0 aliphatic carbocycles. The van der Waals surface area contributed by atoms with Crippen LogP contribution >= 0.6 is 15.9 Å². The number of aryl methyl sites for hydroxylation is 1. The predicted octanol–water partition coefficient (Wildman–Crippen LogP) is 4.38. The van der Waals surface area contributed by atoms with E-state index in [0.717, 1.165) is 30.3 Å². The van der Waals surface area contributed by atoms with Gasteiger partial charge in [-0.3, -0.25) is 0 Å². The highest BCUT2D eigenvalue weighted by molar-refractivity contribution is 9.10. The molecule has 18 heavy (non-hydrogen) atoms. The number of halogens is 1. The fourth-order valence-electron chi connectivity index (χ4n) is 2.57.